The number of aromatic nitrogens is 1. The Labute approximate surface area is 136 Å². The first-order chi connectivity index (χ1) is 10.9. The molecule has 0 saturated carbocycles. The highest BCUT2D eigenvalue weighted by molar-refractivity contribution is 5.74. The normalized spacial score (nSPS) is 19.5. The second-order valence-electron chi connectivity index (χ2n) is 6.60. The Bertz CT molecular complexity index is 723. The van der Waals surface area contributed by atoms with Crippen LogP contribution in [0.25, 0.3) is 0 Å². The van der Waals surface area contributed by atoms with Crippen molar-refractivity contribution in [3.8, 4) is 0 Å². The summed E-state index contributed by atoms with van der Waals surface area (Å²) in [4.78, 5) is 14.1. The van der Waals surface area contributed by atoms with Gasteiger partial charge in [-0.3, -0.25) is 0 Å². The third kappa shape index (κ3) is 3.23. The van der Waals surface area contributed by atoms with Crippen LogP contribution in [0.4, 0.5) is 4.79 Å². The van der Waals surface area contributed by atoms with Gasteiger partial charge >= 0.3 is 6.03 Å². The fourth-order valence-corrected chi connectivity index (χ4v) is 3.23. The van der Waals surface area contributed by atoms with Crippen molar-refractivity contribution in [3.63, 3.8) is 0 Å². The van der Waals surface area contributed by atoms with Crippen LogP contribution in [0.1, 0.15) is 41.1 Å². The zero-order valence-corrected chi connectivity index (χ0v) is 14.1. The van der Waals surface area contributed by atoms with Gasteiger partial charge in [-0.15, -0.1) is 0 Å². The Morgan fingerprint density at radius 3 is 2.87 bits per heavy atom. The molecule has 1 aliphatic carbocycles. The number of urea groups is 1. The fraction of sp³-hybridized carbons (Fsp3) is 0.444. The highest BCUT2D eigenvalue weighted by Crippen LogP contribution is 2.36. The Kier molecular flexibility index (Phi) is 4.11. The van der Waals surface area contributed by atoms with Gasteiger partial charge in [0.15, 0.2) is 0 Å². The summed E-state index contributed by atoms with van der Waals surface area (Å²) in [5, 5.41) is 7.10. The summed E-state index contributed by atoms with van der Waals surface area (Å²) in [5.41, 5.74) is 4.57. The van der Waals surface area contributed by atoms with Gasteiger partial charge in [0.2, 0.25) is 0 Å². The van der Waals surface area contributed by atoms with Crippen molar-refractivity contribution in [2.75, 3.05) is 7.05 Å². The predicted molar refractivity (Wildman–Crippen MR) is 88.0 cm³/mol. The van der Waals surface area contributed by atoms with Gasteiger partial charge in [0.25, 0.3) is 0 Å². The predicted octanol–water partition coefficient (Wildman–Crippen LogP) is 3.37. The van der Waals surface area contributed by atoms with Crippen LogP contribution in [0, 0.1) is 19.8 Å². The van der Waals surface area contributed by atoms with Crippen molar-refractivity contribution in [1.29, 1.82) is 0 Å². The summed E-state index contributed by atoms with van der Waals surface area (Å²) in [7, 11) is 1.77. The molecule has 5 heteroatoms. The summed E-state index contributed by atoms with van der Waals surface area (Å²) in [5.74, 6) is 1.15. The summed E-state index contributed by atoms with van der Waals surface area (Å²) in [6.45, 7) is 6.55. The number of aryl methyl sites for hydroxylation is 2. The van der Waals surface area contributed by atoms with E-state index in [0.717, 1.165) is 17.9 Å². The largest absolute Gasteiger partial charge is 0.361 e. The van der Waals surface area contributed by atoms with Crippen molar-refractivity contribution in [2.24, 2.45) is 5.92 Å². The number of benzene rings is 1. The lowest BCUT2D eigenvalue weighted by atomic mass is 10.0. The topological polar surface area (TPSA) is 58.4 Å². The summed E-state index contributed by atoms with van der Waals surface area (Å²) >= 11 is 0. The second kappa shape index (κ2) is 6.07. The number of hydrogen-bond donors (Lipinski definition) is 1. The van der Waals surface area contributed by atoms with E-state index in [1.54, 1.807) is 11.9 Å². The smallest absolute Gasteiger partial charge is 0.317 e. The van der Waals surface area contributed by atoms with Gasteiger partial charge < -0.3 is 14.7 Å². The Balaban J connectivity index is 1.69. The van der Waals surface area contributed by atoms with Crippen molar-refractivity contribution in [3.05, 3.63) is 52.4 Å². The number of carbonyl (C=O) groups is 1. The van der Waals surface area contributed by atoms with Crippen LogP contribution < -0.4 is 5.32 Å². The van der Waals surface area contributed by atoms with Gasteiger partial charge in [0.05, 0.1) is 12.6 Å². The zero-order chi connectivity index (χ0) is 16.6. The number of carbonyl (C=O) groups excluding carboxylic acids is 1. The molecule has 1 heterocycles. The lowest BCUT2D eigenvalue weighted by Gasteiger charge is -2.23. The Morgan fingerprint density at radius 2 is 2.17 bits per heavy atom. The number of nitrogens with one attached hydrogen (secondary N) is 1. The van der Waals surface area contributed by atoms with E-state index in [1.165, 1.54) is 16.7 Å². The average molecular weight is 313 g/mol. The van der Waals surface area contributed by atoms with Gasteiger partial charge in [-0.1, -0.05) is 35.8 Å². The molecule has 0 fully saturated rings. The van der Waals surface area contributed by atoms with Crippen LogP contribution in [-0.4, -0.2) is 23.1 Å². The third-order valence-electron chi connectivity index (χ3n) is 4.45. The molecule has 2 atom stereocenters. The van der Waals surface area contributed by atoms with E-state index in [4.69, 9.17) is 4.52 Å². The third-order valence-corrected chi connectivity index (χ3v) is 4.45. The average Bonchev–Trinajstić information content (AvgIpc) is 3.03. The van der Waals surface area contributed by atoms with E-state index in [1.807, 2.05) is 13.0 Å². The Hall–Kier alpha value is -2.30. The SMILES string of the molecule is Cc1ccc2c(c1)[C@H](NC(=O)N(C)Cc1cc(C)on1)[C@@H](C)C2. The molecule has 2 amide bonds. The van der Waals surface area contributed by atoms with Crippen LogP contribution >= 0.6 is 0 Å². The summed E-state index contributed by atoms with van der Waals surface area (Å²) in [6, 6.07) is 8.32. The number of rotatable bonds is 3. The van der Waals surface area contributed by atoms with Crippen molar-refractivity contribution >= 4 is 6.03 Å². The molecule has 1 aromatic carbocycles. The van der Waals surface area contributed by atoms with E-state index >= 15 is 0 Å². The first-order valence-electron chi connectivity index (χ1n) is 7.97. The van der Waals surface area contributed by atoms with E-state index in [0.29, 0.717) is 12.5 Å². The molecular weight excluding hydrogens is 290 g/mol. The van der Waals surface area contributed by atoms with Crippen LogP contribution in [0.5, 0.6) is 0 Å². The van der Waals surface area contributed by atoms with Crippen LogP contribution in [0.2, 0.25) is 0 Å². The van der Waals surface area contributed by atoms with Gasteiger partial charge in [-0.25, -0.2) is 4.79 Å². The number of amides is 2. The van der Waals surface area contributed by atoms with Gasteiger partial charge in [0, 0.05) is 13.1 Å². The van der Waals surface area contributed by atoms with Gasteiger partial charge in [-0.2, -0.15) is 0 Å². The molecule has 0 radical (unpaired) electrons. The molecular formula is C18H23N3O2. The highest BCUT2D eigenvalue weighted by Gasteiger charge is 2.31. The Morgan fingerprint density at radius 1 is 1.39 bits per heavy atom. The van der Waals surface area contributed by atoms with Crippen LogP contribution in [-0.2, 0) is 13.0 Å². The number of fused-ring (bicyclic) bond motifs is 1. The molecule has 0 aliphatic heterocycles. The zero-order valence-electron chi connectivity index (χ0n) is 14.1. The molecule has 2 aromatic rings. The van der Waals surface area contributed by atoms with E-state index in [2.05, 4.69) is 42.5 Å². The molecule has 0 saturated heterocycles. The maximum absolute atomic E-state index is 12.5. The minimum Gasteiger partial charge on any atom is -0.361 e. The molecule has 1 N–H and O–H groups in total. The molecule has 23 heavy (non-hydrogen) atoms. The highest BCUT2D eigenvalue weighted by atomic mass is 16.5. The van der Waals surface area contributed by atoms with E-state index < -0.39 is 0 Å². The van der Waals surface area contributed by atoms with E-state index in [9.17, 15) is 4.79 Å². The number of nitrogens with zero attached hydrogens (tertiary/aromatic N) is 2. The minimum atomic E-state index is -0.0862. The monoisotopic (exact) mass is 313 g/mol. The van der Waals surface area contributed by atoms with Crippen molar-refractivity contribution in [1.82, 2.24) is 15.4 Å². The molecule has 122 valence electrons. The van der Waals surface area contributed by atoms with Gasteiger partial charge in [-0.05, 0) is 37.3 Å². The maximum atomic E-state index is 12.5. The standard InChI is InChI=1S/C18H23N3O2/c1-11-5-6-14-8-12(2)17(16(14)7-11)19-18(22)21(4)10-15-9-13(3)23-20-15/h5-7,9,12,17H,8,10H2,1-4H3,(H,19,22)/t12-,17+/m0/s1. The van der Waals surface area contributed by atoms with Gasteiger partial charge in [0.1, 0.15) is 11.5 Å². The lowest BCUT2D eigenvalue weighted by molar-refractivity contribution is 0.198. The second-order valence-corrected chi connectivity index (χ2v) is 6.60. The quantitative estimate of drug-likeness (QED) is 0.945. The van der Waals surface area contributed by atoms with Crippen molar-refractivity contribution in [2.45, 2.75) is 39.8 Å². The van der Waals surface area contributed by atoms with Crippen LogP contribution in [0.3, 0.4) is 0 Å². The van der Waals surface area contributed by atoms with Crippen LogP contribution in [0.15, 0.2) is 28.8 Å². The molecule has 0 bridgehead atoms. The summed E-state index contributed by atoms with van der Waals surface area (Å²) in [6.07, 6.45) is 1.01. The first-order valence-corrected chi connectivity index (χ1v) is 7.97. The van der Waals surface area contributed by atoms with E-state index in [-0.39, 0.29) is 12.1 Å². The van der Waals surface area contributed by atoms with Crippen molar-refractivity contribution < 1.29 is 9.32 Å². The molecule has 0 unspecified atom stereocenters. The fourth-order valence-electron chi connectivity index (χ4n) is 3.23. The summed E-state index contributed by atoms with van der Waals surface area (Å²) < 4.78 is 5.05. The minimum absolute atomic E-state index is 0.0684. The maximum Gasteiger partial charge on any atom is 0.317 e. The number of hydrogen-bond acceptors (Lipinski definition) is 3. The molecule has 5 nitrogen and oxygen atoms in total. The molecule has 0 spiro atoms. The molecule has 1 aromatic heterocycles. The molecule has 3 rings (SSSR count). The lowest BCUT2D eigenvalue weighted by Crippen LogP contribution is -2.40. The molecule has 1 aliphatic rings. The first kappa shape index (κ1) is 15.6.